The van der Waals surface area contributed by atoms with Gasteiger partial charge in [0.25, 0.3) is 12.5 Å². The molecule has 8 nitrogen and oxygen atoms in total. The van der Waals surface area contributed by atoms with Crippen molar-refractivity contribution in [3.05, 3.63) is 10.8 Å². The van der Waals surface area contributed by atoms with Crippen LogP contribution in [0, 0.1) is 23.0 Å². The van der Waals surface area contributed by atoms with Crippen LogP contribution in [0.15, 0.2) is 0 Å². The third kappa shape index (κ3) is 40.4. The fourth-order valence-electron chi connectivity index (χ4n) is 6.97. The van der Waals surface area contributed by atoms with Gasteiger partial charge in [0, 0.05) is 42.1 Å². The van der Waals surface area contributed by atoms with Gasteiger partial charge >= 0.3 is 0 Å². The first kappa shape index (κ1) is 71.8. The van der Waals surface area contributed by atoms with E-state index < -0.39 is 61.9 Å². The van der Waals surface area contributed by atoms with Crippen LogP contribution in [0.1, 0.15) is 0 Å². The Hall–Kier alpha value is 2.17. The minimum atomic E-state index is -0.909. The maximum atomic E-state index is 8.24. The number of rotatable bonds is 12. The molecule has 0 fully saturated rings. The molecule has 0 amide bonds. The summed E-state index contributed by atoms with van der Waals surface area (Å²) < 4.78 is 0. The van der Waals surface area contributed by atoms with Gasteiger partial charge in [0.2, 0.25) is 61.9 Å². The van der Waals surface area contributed by atoms with Crippen LogP contribution >= 0.6 is 28.1 Å². The molecule has 0 radical (unpaired) electrons. The molecule has 2 N–H and O–H groups in total. The Balaban J connectivity index is -0.0000000920. The molecule has 0 saturated carbocycles. The van der Waals surface area contributed by atoms with Crippen molar-refractivity contribution in [2.45, 2.75) is 157 Å². The zero-order valence-electron chi connectivity index (χ0n) is 37.5. The Morgan fingerprint density at radius 3 is 0.481 bits per heavy atom. The fourth-order valence-corrected chi connectivity index (χ4v) is 207. The van der Waals surface area contributed by atoms with Gasteiger partial charge in [0.05, 0.1) is 0 Å². The van der Waals surface area contributed by atoms with Gasteiger partial charge in [-0.3, -0.25) is 9.59 Å². The van der Waals surface area contributed by atoms with Crippen molar-refractivity contribution in [1.82, 2.24) is 0 Å². The van der Waals surface area contributed by atoms with Crippen LogP contribution in [-0.4, -0.2) is 96.1 Å². The summed E-state index contributed by atoms with van der Waals surface area (Å²) >= 11 is 0. The van der Waals surface area contributed by atoms with Gasteiger partial charge in [0.1, 0.15) is 11.8 Å². The van der Waals surface area contributed by atoms with Crippen LogP contribution in [-0.2, 0) is 51.7 Å². The summed E-state index contributed by atoms with van der Waals surface area (Å²) in [4.78, 5) is 16.5. The molecule has 52 heavy (non-hydrogen) atoms. The Kier molecular flexibility index (Phi) is 43.0. The van der Waals surface area contributed by atoms with E-state index in [9.17, 15) is 0 Å². The zero-order valence-corrected chi connectivity index (χ0v) is 54.1. The van der Waals surface area contributed by atoms with E-state index >= 15 is 0 Å². The largest absolute Gasteiger partial charge is 0.724 e. The number of hydrogen-bond donors (Lipinski definition) is 2. The van der Waals surface area contributed by atoms with Crippen molar-refractivity contribution in [3.8, 4) is 12.5 Å². The van der Waals surface area contributed by atoms with Gasteiger partial charge in [0.15, 0.2) is 0 Å². The summed E-state index contributed by atoms with van der Waals surface area (Å²) in [5.41, 5.74) is 0. The minimum Gasteiger partial charge on any atom is -0.724 e. The Morgan fingerprint density at radius 2 is 0.442 bits per heavy atom. The van der Waals surface area contributed by atoms with Crippen LogP contribution in [0.25, 0.3) is 10.8 Å². The van der Waals surface area contributed by atoms with Gasteiger partial charge in [-0.05, 0) is 197 Å². The van der Waals surface area contributed by atoms with Crippen LogP contribution in [0.2, 0.25) is 157 Å². The maximum Gasteiger partial charge on any atom is 0.283 e. The maximum absolute atomic E-state index is 8.24. The topological polar surface area (TPSA) is 167 Å². The van der Waals surface area contributed by atoms with Crippen LogP contribution in [0.5, 0.6) is 0 Å². The third-order valence-electron chi connectivity index (χ3n) is 7.95. The molecule has 0 aromatic heterocycles. The van der Waals surface area contributed by atoms with Crippen molar-refractivity contribution in [2.24, 2.45) is 0 Å². The van der Waals surface area contributed by atoms with E-state index in [1.54, 1.807) is 11.8 Å². The van der Waals surface area contributed by atoms with Crippen molar-refractivity contribution < 1.29 is 61.9 Å². The molecule has 0 aromatic carbocycles. The standard InChI is InChI=1S/2C13H38P2Si4.2CHNO.2CNO.2Pt/c2*1-16(2,3)14(17(4,5)6)13-15(18(7,8)9)19(10,11)12;4*2-1-3;;/h2*13H2,1-12H3;2*3H;;;;/q;;;;2*-1;;/p+4. The molecule has 0 aliphatic carbocycles. The summed E-state index contributed by atoms with van der Waals surface area (Å²) in [6.45, 7) is 64.2. The van der Waals surface area contributed by atoms with Crippen molar-refractivity contribution in [2.75, 3.05) is 11.8 Å². The molecule has 0 rings (SSSR count). The fraction of sp³-hybridized carbons (Fsp3) is 0.867. The second kappa shape index (κ2) is 31.1. The predicted octanol–water partition coefficient (Wildman–Crippen LogP) is 12.9. The number of hydrogen-bond acceptors (Lipinski definition) is 6. The summed E-state index contributed by atoms with van der Waals surface area (Å²) in [7, 11) is -7.46. The summed E-state index contributed by atoms with van der Waals surface area (Å²) in [5, 5.41) is 41.0. The molecule has 0 unspecified atom stereocenters. The van der Waals surface area contributed by atoms with E-state index in [0.717, 1.165) is 12.5 Å². The van der Waals surface area contributed by atoms with Gasteiger partial charge in [-0.2, -0.15) is 10.5 Å². The van der Waals surface area contributed by atoms with Crippen LogP contribution in [0.4, 0.5) is 0 Å². The number of aliphatic hydroxyl groups excluding tert-OH is 2. The smallest absolute Gasteiger partial charge is 0.283 e. The second-order valence-corrected chi connectivity index (χ2v) is 120. The zero-order chi connectivity index (χ0) is 42.6. The van der Waals surface area contributed by atoms with Crippen LogP contribution in [0.3, 0.4) is 0 Å². The molecule has 316 valence electrons. The quantitative estimate of drug-likeness (QED) is 0.0649. The van der Waals surface area contributed by atoms with Gasteiger partial charge in [-0.15, -0.1) is 0 Å². The summed E-state index contributed by atoms with van der Waals surface area (Å²) in [5.74, 6) is 3.54. The first-order valence-electron chi connectivity index (χ1n) is 17.2. The summed E-state index contributed by atoms with van der Waals surface area (Å²) in [6.07, 6.45) is 2.50. The summed E-state index contributed by atoms with van der Waals surface area (Å²) in [6, 6.07) is 0. The number of nitriles is 2. The molecule has 0 aliphatic rings. The SMILES string of the molecule is C[Si](C)(C)[PH+](C[PH+]([Si](C)(C)C)[Si](C)(C)C)[Si](C)(C)C.C[Si](C)(C)[PH+](C[PH+]([Si](C)(C)C)[Si](C)(C)C)[Si](C)(C)C.N#CO.N#CO.[N-]=C=O.[N-]=C=O.[Pt].[Pt]. The number of nitrogens with zero attached hydrogens (tertiary/aromatic N) is 4. The van der Waals surface area contributed by atoms with Crippen molar-refractivity contribution in [3.63, 3.8) is 0 Å². The van der Waals surface area contributed by atoms with Gasteiger partial charge < -0.3 is 21.0 Å². The molecule has 22 heteroatoms. The normalized spacial score (nSPS) is 11.9. The van der Waals surface area contributed by atoms with Crippen molar-refractivity contribution in [1.29, 1.82) is 10.5 Å². The third-order valence-corrected chi connectivity index (χ3v) is 138. The number of isocyanates is 2. The second-order valence-electron chi connectivity index (χ2n) is 20.7. The average Bonchev–Trinajstić information content (AvgIpc) is 2.74. The Bertz CT molecular complexity index is 887. The monoisotopic (exact) mass is 1300 g/mol. The molecular formula is C30H82N4O4P4Pt2Si8+2. The molecule has 0 heterocycles. The molecule has 0 saturated heterocycles. The predicted molar refractivity (Wildman–Crippen MR) is 263 cm³/mol. The molecule has 0 aliphatic heterocycles. The number of aliphatic hydroxyl groups is 2. The van der Waals surface area contributed by atoms with E-state index in [1.165, 1.54) is 0 Å². The van der Waals surface area contributed by atoms with Crippen LogP contribution < -0.4 is 0 Å². The molecular weight excluding hydrogens is 1220 g/mol. The molecule has 0 aromatic rings. The van der Waals surface area contributed by atoms with E-state index in [1.807, 2.05) is 0 Å². The molecule has 0 spiro atoms. The van der Waals surface area contributed by atoms with Gasteiger partial charge in [-0.25, -0.2) is 0 Å². The first-order chi connectivity index (χ1) is 21.6. The molecule has 0 atom stereocenters. The van der Waals surface area contributed by atoms with Gasteiger partial charge in [-0.1, -0.05) is 0 Å². The van der Waals surface area contributed by atoms with E-state index in [-0.39, 0.29) is 70.2 Å². The first-order valence-corrected chi connectivity index (χ1v) is 60.0. The number of carbonyl (C=O) groups excluding carboxylic acids is 2. The van der Waals surface area contributed by atoms with E-state index in [4.69, 9.17) is 41.1 Å². The van der Waals surface area contributed by atoms with E-state index in [0.29, 0.717) is 12.2 Å². The average molecular weight is 1300 g/mol. The Morgan fingerprint density at radius 1 is 0.385 bits per heavy atom. The molecule has 0 bridgehead atoms. The Labute approximate surface area is 363 Å². The minimum absolute atomic E-state index is 0. The van der Waals surface area contributed by atoms with E-state index in [2.05, 4.69) is 157 Å². The van der Waals surface area contributed by atoms with Crippen molar-refractivity contribution >= 4 is 102 Å².